The van der Waals surface area contributed by atoms with Gasteiger partial charge >= 0.3 is 6.41 Å². The van der Waals surface area contributed by atoms with Crippen LogP contribution in [0.3, 0.4) is 0 Å². The van der Waals surface area contributed by atoms with Crippen molar-refractivity contribution in [3.8, 4) is 0 Å². The first-order valence-corrected chi connectivity index (χ1v) is 3.23. The Morgan fingerprint density at radius 2 is 2.40 bits per heavy atom. The summed E-state index contributed by atoms with van der Waals surface area (Å²) in [4.78, 5) is 14.9. The number of amides is 1. The highest BCUT2D eigenvalue weighted by atomic mass is 35.5. The molecule has 10 heavy (non-hydrogen) atoms. The van der Waals surface area contributed by atoms with Crippen LogP contribution >= 0.6 is 23.2 Å². The van der Waals surface area contributed by atoms with Crippen LogP contribution in [0.4, 0.5) is 0 Å². The molecule has 1 radical (unpaired) electrons. The molecule has 0 fully saturated rings. The number of carbonyl (C=O) groups excluding carboxylic acids is 1. The number of aliphatic imine (C=N–C) groups is 1. The van der Waals surface area contributed by atoms with Crippen LogP contribution in [0.1, 0.15) is 0 Å². The third kappa shape index (κ3) is 1.49. The Morgan fingerprint density at radius 3 is 2.90 bits per heavy atom. The predicted molar refractivity (Wildman–Crippen MR) is 39.6 cm³/mol. The molecule has 0 atom stereocenters. The standard InChI is InChI=1S/C5H3Cl2N2O/c6-4-2-9(3-10)5(7)1-8-4/h1H,2H2. The van der Waals surface area contributed by atoms with Crippen molar-refractivity contribution >= 4 is 34.8 Å². The van der Waals surface area contributed by atoms with E-state index in [1.54, 1.807) is 6.41 Å². The molecule has 0 N–H and O–H groups in total. The zero-order valence-electron chi connectivity index (χ0n) is 4.84. The van der Waals surface area contributed by atoms with Crippen molar-refractivity contribution in [1.29, 1.82) is 0 Å². The Balaban J connectivity index is 2.77. The van der Waals surface area contributed by atoms with E-state index in [-0.39, 0.29) is 11.7 Å². The molecule has 0 aromatic heterocycles. The van der Waals surface area contributed by atoms with Crippen LogP contribution in [-0.4, -0.2) is 23.0 Å². The second-order valence-corrected chi connectivity index (χ2v) is 2.46. The van der Waals surface area contributed by atoms with E-state index in [9.17, 15) is 4.79 Å². The van der Waals surface area contributed by atoms with Crippen molar-refractivity contribution in [3.63, 3.8) is 0 Å². The van der Waals surface area contributed by atoms with E-state index in [1.807, 2.05) is 0 Å². The Labute approximate surface area is 67.9 Å². The van der Waals surface area contributed by atoms with Gasteiger partial charge in [0.1, 0.15) is 10.3 Å². The summed E-state index contributed by atoms with van der Waals surface area (Å²) in [5.41, 5.74) is 0. The third-order valence-electron chi connectivity index (χ3n) is 0.968. The summed E-state index contributed by atoms with van der Waals surface area (Å²) in [7, 11) is 0. The molecule has 1 rings (SSSR count). The van der Waals surface area contributed by atoms with E-state index < -0.39 is 0 Å². The van der Waals surface area contributed by atoms with Gasteiger partial charge in [-0.2, -0.15) is 0 Å². The van der Waals surface area contributed by atoms with Crippen molar-refractivity contribution in [2.45, 2.75) is 0 Å². The van der Waals surface area contributed by atoms with Crippen LogP contribution in [0.25, 0.3) is 0 Å². The highest BCUT2D eigenvalue weighted by Crippen LogP contribution is 2.12. The van der Waals surface area contributed by atoms with Gasteiger partial charge in [-0.3, -0.25) is 9.69 Å². The minimum Gasteiger partial charge on any atom is -0.286 e. The lowest BCUT2D eigenvalue weighted by atomic mass is 10.5. The fourth-order valence-corrected chi connectivity index (χ4v) is 0.827. The molecule has 5 heteroatoms. The third-order valence-corrected chi connectivity index (χ3v) is 1.49. The van der Waals surface area contributed by atoms with E-state index in [0.29, 0.717) is 5.17 Å². The van der Waals surface area contributed by atoms with Crippen LogP contribution in [0.5, 0.6) is 0 Å². The smallest absolute Gasteiger partial charge is 0.286 e. The SMILES string of the molecule is O=[C]N1CC(Cl)=NC=C1Cl. The molecule has 3 nitrogen and oxygen atoms in total. The average molecular weight is 178 g/mol. The maximum absolute atomic E-state index is 10.1. The topological polar surface area (TPSA) is 32.7 Å². The van der Waals surface area contributed by atoms with Gasteiger partial charge in [-0.25, -0.2) is 4.99 Å². The van der Waals surface area contributed by atoms with Gasteiger partial charge in [0.2, 0.25) is 0 Å². The van der Waals surface area contributed by atoms with Crippen LogP contribution in [-0.2, 0) is 4.79 Å². The number of rotatable bonds is 1. The monoisotopic (exact) mass is 177 g/mol. The summed E-state index contributed by atoms with van der Waals surface area (Å²) in [6, 6.07) is 0. The first-order chi connectivity index (χ1) is 4.74. The summed E-state index contributed by atoms with van der Waals surface area (Å²) in [5, 5.41) is 0.562. The summed E-state index contributed by atoms with van der Waals surface area (Å²) < 4.78 is 0. The van der Waals surface area contributed by atoms with E-state index in [1.165, 1.54) is 6.20 Å². The molecule has 1 amide bonds. The molecule has 0 bridgehead atoms. The zero-order chi connectivity index (χ0) is 7.56. The molecule has 0 aromatic carbocycles. The lowest BCUT2D eigenvalue weighted by Gasteiger charge is -2.15. The normalized spacial score (nSPS) is 18.0. The van der Waals surface area contributed by atoms with Gasteiger partial charge in [-0.05, 0) is 0 Å². The molecule has 1 heterocycles. The molecule has 53 valence electrons. The van der Waals surface area contributed by atoms with Crippen molar-refractivity contribution in [2.24, 2.45) is 4.99 Å². The number of hydrogen-bond donors (Lipinski definition) is 0. The molecule has 0 aromatic rings. The van der Waals surface area contributed by atoms with E-state index in [4.69, 9.17) is 23.2 Å². The minimum absolute atomic E-state index is 0.209. The summed E-state index contributed by atoms with van der Waals surface area (Å²) in [6.07, 6.45) is 2.91. The van der Waals surface area contributed by atoms with Gasteiger partial charge in [0.15, 0.2) is 0 Å². The zero-order valence-corrected chi connectivity index (χ0v) is 6.35. The van der Waals surface area contributed by atoms with Gasteiger partial charge in [0, 0.05) is 0 Å². The first-order valence-electron chi connectivity index (χ1n) is 2.47. The highest BCUT2D eigenvalue weighted by molar-refractivity contribution is 6.66. The first kappa shape index (κ1) is 7.57. The second kappa shape index (κ2) is 3.03. The van der Waals surface area contributed by atoms with Gasteiger partial charge in [-0.1, -0.05) is 23.2 Å². The van der Waals surface area contributed by atoms with Gasteiger partial charge in [0.05, 0.1) is 12.7 Å². The Hall–Kier alpha value is -0.540. The van der Waals surface area contributed by atoms with Crippen molar-refractivity contribution in [2.75, 3.05) is 6.54 Å². The van der Waals surface area contributed by atoms with Crippen LogP contribution < -0.4 is 0 Å². The van der Waals surface area contributed by atoms with Gasteiger partial charge < -0.3 is 0 Å². The maximum Gasteiger partial charge on any atom is 0.318 e. The fraction of sp³-hybridized carbons (Fsp3) is 0.200. The molecule has 0 spiro atoms. The van der Waals surface area contributed by atoms with E-state index in [2.05, 4.69) is 4.99 Å². The van der Waals surface area contributed by atoms with Gasteiger partial charge in [-0.15, -0.1) is 0 Å². The number of halogens is 2. The van der Waals surface area contributed by atoms with E-state index in [0.717, 1.165) is 4.90 Å². The maximum atomic E-state index is 10.1. The summed E-state index contributed by atoms with van der Waals surface area (Å²) in [6.45, 7) is 0.209. The lowest BCUT2D eigenvalue weighted by Crippen LogP contribution is -2.26. The number of hydrogen-bond acceptors (Lipinski definition) is 2. The van der Waals surface area contributed by atoms with Crippen molar-refractivity contribution < 1.29 is 4.79 Å². The fourth-order valence-electron chi connectivity index (χ4n) is 0.516. The van der Waals surface area contributed by atoms with Crippen molar-refractivity contribution in [1.82, 2.24) is 4.90 Å². The molecule has 0 aliphatic carbocycles. The van der Waals surface area contributed by atoms with Crippen molar-refractivity contribution in [3.05, 3.63) is 11.4 Å². The molecule has 0 saturated heterocycles. The minimum atomic E-state index is 0.209. The van der Waals surface area contributed by atoms with Crippen LogP contribution in [0.2, 0.25) is 0 Å². The van der Waals surface area contributed by atoms with Crippen LogP contribution in [0, 0.1) is 0 Å². The molecule has 1 aliphatic rings. The molecule has 0 saturated carbocycles. The number of nitrogens with zero attached hydrogens (tertiary/aromatic N) is 2. The van der Waals surface area contributed by atoms with Gasteiger partial charge in [0.25, 0.3) is 0 Å². The predicted octanol–water partition coefficient (Wildman–Crippen LogP) is 1.04. The Kier molecular flexibility index (Phi) is 2.29. The molecular formula is C5H3Cl2N2O. The second-order valence-electron chi connectivity index (χ2n) is 1.63. The quantitative estimate of drug-likeness (QED) is 0.552. The molecule has 0 unspecified atom stereocenters. The Morgan fingerprint density at radius 1 is 1.70 bits per heavy atom. The average Bonchev–Trinajstić information content (AvgIpc) is 1.94. The summed E-state index contributed by atoms with van der Waals surface area (Å²) in [5.74, 6) is 0. The lowest BCUT2D eigenvalue weighted by molar-refractivity contribution is 0.481. The van der Waals surface area contributed by atoms with Crippen LogP contribution in [0.15, 0.2) is 16.3 Å². The van der Waals surface area contributed by atoms with E-state index >= 15 is 0 Å². The molecule has 1 aliphatic heterocycles. The molecular weight excluding hydrogens is 175 g/mol. The summed E-state index contributed by atoms with van der Waals surface area (Å²) >= 11 is 11.0. The highest BCUT2D eigenvalue weighted by Gasteiger charge is 2.12. The largest absolute Gasteiger partial charge is 0.318 e. The Bertz CT molecular complexity index is 212.